The first kappa shape index (κ1) is 21.5. The lowest BCUT2D eigenvalue weighted by Crippen LogP contribution is -2.34. The third kappa shape index (κ3) is 7.54. The van der Waals surface area contributed by atoms with Gasteiger partial charge in [-0.05, 0) is 12.1 Å². The Morgan fingerprint density at radius 1 is 1.35 bits per heavy atom. The number of amides is 1. The van der Waals surface area contributed by atoms with Crippen LogP contribution in [0.1, 0.15) is 12.0 Å². The predicted molar refractivity (Wildman–Crippen MR) is 81.7 cm³/mol. The van der Waals surface area contributed by atoms with Gasteiger partial charge in [0.15, 0.2) is 0 Å². The molecular formula is C14H20ClF3N2O3. The monoisotopic (exact) mass is 356 g/mol. The van der Waals surface area contributed by atoms with Gasteiger partial charge in [-0.2, -0.15) is 13.2 Å². The van der Waals surface area contributed by atoms with Crippen LogP contribution < -0.4 is 15.8 Å². The van der Waals surface area contributed by atoms with Crippen molar-refractivity contribution in [1.82, 2.24) is 5.32 Å². The summed E-state index contributed by atoms with van der Waals surface area (Å²) in [5, 5.41) is 2.53. The molecule has 1 aromatic carbocycles. The van der Waals surface area contributed by atoms with E-state index in [9.17, 15) is 18.0 Å². The molecule has 0 aliphatic rings. The second-order valence-electron chi connectivity index (χ2n) is 4.49. The molecule has 1 aromatic rings. The highest BCUT2D eigenvalue weighted by Crippen LogP contribution is 2.35. The fourth-order valence-corrected chi connectivity index (χ4v) is 1.72. The molecule has 0 heterocycles. The molecule has 0 aliphatic carbocycles. The zero-order valence-electron chi connectivity index (χ0n) is 12.6. The highest BCUT2D eigenvalue weighted by atomic mass is 35.5. The Morgan fingerprint density at radius 3 is 2.57 bits per heavy atom. The van der Waals surface area contributed by atoms with Crippen LogP contribution in [0.2, 0.25) is 0 Å². The number of ether oxygens (including phenoxy) is 2. The zero-order chi connectivity index (χ0) is 16.6. The van der Waals surface area contributed by atoms with Gasteiger partial charge in [0.05, 0.1) is 24.6 Å². The summed E-state index contributed by atoms with van der Waals surface area (Å²) < 4.78 is 48.2. The van der Waals surface area contributed by atoms with Gasteiger partial charge in [-0.3, -0.25) is 4.79 Å². The number of carbonyl (C=O) groups is 1. The van der Waals surface area contributed by atoms with Crippen molar-refractivity contribution < 1.29 is 27.4 Å². The molecule has 9 heteroatoms. The van der Waals surface area contributed by atoms with Gasteiger partial charge in [-0.15, -0.1) is 12.4 Å². The van der Waals surface area contributed by atoms with E-state index in [1.54, 1.807) is 0 Å². The molecule has 1 unspecified atom stereocenters. The molecule has 132 valence electrons. The molecule has 0 aliphatic heterocycles. The first-order chi connectivity index (χ1) is 10.4. The van der Waals surface area contributed by atoms with Crippen molar-refractivity contribution in [2.24, 2.45) is 5.73 Å². The standard InChI is InChI=1S/C14H19F3N2O3.ClH/c1-21-10(9-18)8-13(20)19-6-7-22-12-5-3-2-4-11(12)14(15,16)17;/h2-5,10H,6-9,18H2,1H3,(H,19,20);1H. The van der Waals surface area contributed by atoms with E-state index < -0.39 is 11.7 Å². The van der Waals surface area contributed by atoms with Crippen molar-refractivity contribution in [3.05, 3.63) is 29.8 Å². The van der Waals surface area contributed by atoms with Crippen LogP contribution in [0.25, 0.3) is 0 Å². The number of alkyl halides is 3. The molecule has 3 N–H and O–H groups in total. The van der Waals surface area contributed by atoms with E-state index in [1.165, 1.54) is 25.3 Å². The SMILES string of the molecule is COC(CN)CC(=O)NCCOc1ccccc1C(F)(F)F.Cl. The Bertz CT molecular complexity index is 483. The summed E-state index contributed by atoms with van der Waals surface area (Å²) >= 11 is 0. The van der Waals surface area contributed by atoms with Gasteiger partial charge in [0.1, 0.15) is 12.4 Å². The van der Waals surface area contributed by atoms with E-state index in [0.29, 0.717) is 0 Å². The van der Waals surface area contributed by atoms with Gasteiger partial charge in [0, 0.05) is 13.7 Å². The number of hydrogen-bond acceptors (Lipinski definition) is 4. The van der Waals surface area contributed by atoms with E-state index in [4.69, 9.17) is 15.2 Å². The van der Waals surface area contributed by atoms with Gasteiger partial charge in [-0.25, -0.2) is 0 Å². The summed E-state index contributed by atoms with van der Waals surface area (Å²) in [6, 6.07) is 4.92. The van der Waals surface area contributed by atoms with E-state index in [-0.39, 0.29) is 56.3 Å². The van der Waals surface area contributed by atoms with Crippen molar-refractivity contribution in [1.29, 1.82) is 0 Å². The van der Waals surface area contributed by atoms with Crippen LogP contribution in [0.5, 0.6) is 5.75 Å². The van der Waals surface area contributed by atoms with Crippen molar-refractivity contribution in [2.75, 3.05) is 26.8 Å². The van der Waals surface area contributed by atoms with Crippen LogP contribution in [0.15, 0.2) is 24.3 Å². The Hall–Kier alpha value is -1.51. The van der Waals surface area contributed by atoms with Crippen molar-refractivity contribution in [3.63, 3.8) is 0 Å². The summed E-state index contributed by atoms with van der Waals surface area (Å²) in [5.74, 6) is -0.564. The maximum atomic E-state index is 12.7. The number of methoxy groups -OCH3 is 1. The minimum absolute atomic E-state index is 0. The first-order valence-electron chi connectivity index (χ1n) is 6.67. The van der Waals surface area contributed by atoms with Crippen LogP contribution in [-0.4, -0.2) is 38.8 Å². The fraction of sp³-hybridized carbons (Fsp3) is 0.500. The second kappa shape index (κ2) is 10.3. The first-order valence-corrected chi connectivity index (χ1v) is 6.67. The number of para-hydroxylation sites is 1. The molecule has 0 spiro atoms. The van der Waals surface area contributed by atoms with Crippen molar-refractivity contribution >= 4 is 18.3 Å². The molecular weight excluding hydrogens is 337 g/mol. The second-order valence-corrected chi connectivity index (χ2v) is 4.49. The van der Waals surface area contributed by atoms with Gasteiger partial charge in [0.2, 0.25) is 5.91 Å². The minimum atomic E-state index is -4.48. The smallest absolute Gasteiger partial charge is 0.419 e. The largest absolute Gasteiger partial charge is 0.491 e. The van der Waals surface area contributed by atoms with E-state index in [0.717, 1.165) is 6.07 Å². The van der Waals surface area contributed by atoms with E-state index >= 15 is 0 Å². The van der Waals surface area contributed by atoms with Crippen LogP contribution in [-0.2, 0) is 15.7 Å². The minimum Gasteiger partial charge on any atom is -0.491 e. The summed E-state index contributed by atoms with van der Waals surface area (Å²) in [7, 11) is 1.45. The Labute approximate surface area is 138 Å². The lowest BCUT2D eigenvalue weighted by Gasteiger charge is -2.15. The average Bonchev–Trinajstić information content (AvgIpc) is 2.48. The summed E-state index contributed by atoms with van der Waals surface area (Å²) in [5.41, 5.74) is 4.54. The lowest BCUT2D eigenvalue weighted by atomic mass is 10.2. The van der Waals surface area contributed by atoms with E-state index in [1.807, 2.05) is 0 Å². The molecule has 1 amide bonds. The number of nitrogens with one attached hydrogen (secondary N) is 1. The van der Waals surface area contributed by atoms with Crippen LogP contribution in [0.4, 0.5) is 13.2 Å². The molecule has 23 heavy (non-hydrogen) atoms. The Balaban J connectivity index is 0.00000484. The third-order valence-electron chi connectivity index (χ3n) is 2.88. The van der Waals surface area contributed by atoms with Crippen LogP contribution >= 0.6 is 12.4 Å². The highest BCUT2D eigenvalue weighted by molar-refractivity contribution is 5.85. The molecule has 5 nitrogen and oxygen atoms in total. The Kier molecular flexibility index (Phi) is 9.62. The van der Waals surface area contributed by atoms with Gasteiger partial charge in [0.25, 0.3) is 0 Å². The summed E-state index contributed by atoms with van der Waals surface area (Å²) in [6.07, 6.45) is -4.77. The topological polar surface area (TPSA) is 73.6 Å². The zero-order valence-corrected chi connectivity index (χ0v) is 13.4. The molecule has 1 rings (SSSR count). The normalized spacial score (nSPS) is 12.2. The number of nitrogens with two attached hydrogens (primary N) is 1. The molecule has 0 radical (unpaired) electrons. The molecule has 0 saturated carbocycles. The van der Waals surface area contributed by atoms with Crippen LogP contribution in [0.3, 0.4) is 0 Å². The molecule has 0 fully saturated rings. The quantitative estimate of drug-likeness (QED) is 0.699. The maximum absolute atomic E-state index is 12.7. The van der Waals surface area contributed by atoms with Crippen LogP contribution in [0, 0.1) is 0 Å². The molecule has 0 bridgehead atoms. The summed E-state index contributed by atoms with van der Waals surface area (Å²) in [6.45, 7) is 0.227. The number of hydrogen-bond donors (Lipinski definition) is 2. The number of benzene rings is 1. The molecule has 0 saturated heterocycles. The molecule has 1 atom stereocenters. The highest BCUT2D eigenvalue weighted by Gasteiger charge is 2.33. The molecule has 0 aromatic heterocycles. The lowest BCUT2D eigenvalue weighted by molar-refractivity contribution is -0.139. The Morgan fingerprint density at radius 2 is 2.00 bits per heavy atom. The number of halogens is 4. The average molecular weight is 357 g/mol. The predicted octanol–water partition coefficient (Wildman–Crippen LogP) is 1.99. The van der Waals surface area contributed by atoms with E-state index in [2.05, 4.69) is 5.32 Å². The number of rotatable bonds is 8. The maximum Gasteiger partial charge on any atom is 0.419 e. The van der Waals surface area contributed by atoms with Crippen molar-refractivity contribution in [2.45, 2.75) is 18.7 Å². The fourth-order valence-electron chi connectivity index (χ4n) is 1.72. The van der Waals surface area contributed by atoms with Gasteiger partial charge in [-0.1, -0.05) is 12.1 Å². The van der Waals surface area contributed by atoms with Gasteiger partial charge < -0.3 is 20.5 Å². The number of carbonyl (C=O) groups excluding carboxylic acids is 1. The van der Waals surface area contributed by atoms with Crippen molar-refractivity contribution in [3.8, 4) is 5.75 Å². The third-order valence-corrected chi connectivity index (χ3v) is 2.88. The summed E-state index contributed by atoms with van der Waals surface area (Å²) in [4.78, 5) is 11.5. The van der Waals surface area contributed by atoms with Gasteiger partial charge >= 0.3 is 6.18 Å².